The summed E-state index contributed by atoms with van der Waals surface area (Å²) >= 11 is 0. The Morgan fingerprint density at radius 2 is 2.60 bits per heavy atom. The van der Waals surface area contributed by atoms with Crippen LogP contribution in [0.15, 0.2) is 12.5 Å². The third-order valence-electron chi connectivity index (χ3n) is 2.29. The normalized spacial score (nSPS) is 24.3. The van der Waals surface area contributed by atoms with Crippen molar-refractivity contribution < 1.29 is 0 Å². The van der Waals surface area contributed by atoms with Gasteiger partial charge in [-0.2, -0.15) is 0 Å². The average Bonchev–Trinajstić information content (AvgIpc) is 2.36. The Bertz CT molecular complexity index is 227. The molecule has 0 aliphatic carbocycles. The lowest BCUT2D eigenvalue weighted by Gasteiger charge is -2.19. The third kappa shape index (κ3) is 0.753. The van der Waals surface area contributed by atoms with Crippen LogP contribution in [0.4, 0.5) is 0 Å². The molecule has 0 aromatic carbocycles. The van der Waals surface area contributed by atoms with Crippen molar-refractivity contribution in [1.29, 1.82) is 0 Å². The molecular formula is C8H12N2. The van der Waals surface area contributed by atoms with Crippen molar-refractivity contribution in [2.45, 2.75) is 32.2 Å². The lowest BCUT2D eigenvalue weighted by molar-refractivity contribution is 0.475. The second kappa shape index (κ2) is 2.11. The standard InChI is InChI=1S/C8H12N2/c1-7-3-2-4-10-6-9-5-8(7)10/h5-7H,2-4H2,1H3. The zero-order chi connectivity index (χ0) is 6.97. The first-order valence-corrected chi connectivity index (χ1v) is 3.88. The van der Waals surface area contributed by atoms with Crippen molar-refractivity contribution in [2.24, 2.45) is 0 Å². The molecule has 2 rings (SSSR count). The average molecular weight is 136 g/mol. The summed E-state index contributed by atoms with van der Waals surface area (Å²) < 4.78 is 2.26. The van der Waals surface area contributed by atoms with Crippen LogP contribution in [0.25, 0.3) is 0 Å². The molecule has 0 amide bonds. The van der Waals surface area contributed by atoms with Gasteiger partial charge in [-0.1, -0.05) is 6.92 Å². The predicted molar refractivity (Wildman–Crippen MR) is 39.9 cm³/mol. The largest absolute Gasteiger partial charge is 0.334 e. The first-order chi connectivity index (χ1) is 4.88. The fourth-order valence-corrected chi connectivity index (χ4v) is 1.64. The minimum atomic E-state index is 0.719. The van der Waals surface area contributed by atoms with E-state index in [1.54, 1.807) is 0 Å². The molecule has 0 spiro atoms. The van der Waals surface area contributed by atoms with Crippen LogP contribution in [0, 0.1) is 0 Å². The summed E-state index contributed by atoms with van der Waals surface area (Å²) in [6.07, 6.45) is 6.56. The molecule has 10 heavy (non-hydrogen) atoms. The highest BCUT2D eigenvalue weighted by molar-refractivity contribution is 5.06. The Balaban J connectivity index is 2.41. The molecule has 1 atom stereocenters. The van der Waals surface area contributed by atoms with Gasteiger partial charge < -0.3 is 4.57 Å². The van der Waals surface area contributed by atoms with E-state index < -0.39 is 0 Å². The molecule has 0 saturated heterocycles. The SMILES string of the molecule is CC1CCCn2cncc21. The van der Waals surface area contributed by atoms with Crippen molar-refractivity contribution in [1.82, 2.24) is 9.55 Å². The van der Waals surface area contributed by atoms with Crippen LogP contribution >= 0.6 is 0 Å². The van der Waals surface area contributed by atoms with Gasteiger partial charge in [0.15, 0.2) is 0 Å². The number of rotatable bonds is 0. The summed E-state index contributed by atoms with van der Waals surface area (Å²) in [4.78, 5) is 4.12. The van der Waals surface area contributed by atoms with Gasteiger partial charge in [0.2, 0.25) is 0 Å². The van der Waals surface area contributed by atoms with Crippen molar-refractivity contribution in [3.05, 3.63) is 18.2 Å². The molecule has 1 unspecified atom stereocenters. The Morgan fingerprint density at radius 1 is 1.70 bits per heavy atom. The van der Waals surface area contributed by atoms with Crippen LogP contribution in [0.5, 0.6) is 0 Å². The van der Waals surface area contributed by atoms with Crippen LogP contribution < -0.4 is 0 Å². The van der Waals surface area contributed by atoms with E-state index in [4.69, 9.17) is 0 Å². The molecule has 0 radical (unpaired) electrons. The summed E-state index contributed by atoms with van der Waals surface area (Å²) in [6.45, 7) is 3.44. The summed E-state index contributed by atoms with van der Waals surface area (Å²) in [5, 5.41) is 0. The molecular weight excluding hydrogens is 124 g/mol. The summed E-state index contributed by atoms with van der Waals surface area (Å²) in [5.41, 5.74) is 1.41. The molecule has 2 heteroatoms. The fourth-order valence-electron chi connectivity index (χ4n) is 1.64. The number of aryl methyl sites for hydroxylation is 1. The van der Waals surface area contributed by atoms with E-state index in [1.807, 2.05) is 12.5 Å². The van der Waals surface area contributed by atoms with Gasteiger partial charge in [-0.3, -0.25) is 0 Å². The topological polar surface area (TPSA) is 17.8 Å². The minimum absolute atomic E-state index is 0.719. The summed E-state index contributed by atoms with van der Waals surface area (Å²) in [6, 6.07) is 0. The van der Waals surface area contributed by atoms with Gasteiger partial charge in [-0.25, -0.2) is 4.98 Å². The van der Waals surface area contributed by atoms with Crippen LogP contribution in [-0.2, 0) is 6.54 Å². The summed E-state index contributed by atoms with van der Waals surface area (Å²) in [7, 11) is 0. The van der Waals surface area contributed by atoms with E-state index in [2.05, 4.69) is 16.5 Å². The van der Waals surface area contributed by atoms with E-state index in [-0.39, 0.29) is 0 Å². The molecule has 1 aromatic heterocycles. The first-order valence-electron chi connectivity index (χ1n) is 3.88. The van der Waals surface area contributed by atoms with E-state index in [1.165, 1.54) is 25.1 Å². The van der Waals surface area contributed by atoms with Crippen LogP contribution in [0.3, 0.4) is 0 Å². The summed E-state index contributed by atoms with van der Waals surface area (Å²) in [5.74, 6) is 0.719. The van der Waals surface area contributed by atoms with E-state index in [9.17, 15) is 0 Å². The van der Waals surface area contributed by atoms with Gasteiger partial charge in [-0.15, -0.1) is 0 Å². The third-order valence-corrected chi connectivity index (χ3v) is 2.29. The molecule has 0 fully saturated rings. The predicted octanol–water partition coefficient (Wildman–Crippen LogP) is 1.78. The zero-order valence-corrected chi connectivity index (χ0v) is 6.25. The fraction of sp³-hybridized carbons (Fsp3) is 0.625. The lowest BCUT2D eigenvalue weighted by atomic mass is 9.99. The Kier molecular flexibility index (Phi) is 1.26. The Morgan fingerprint density at radius 3 is 3.40 bits per heavy atom. The maximum absolute atomic E-state index is 4.12. The lowest BCUT2D eigenvalue weighted by Crippen LogP contribution is -2.11. The Hall–Kier alpha value is -0.790. The molecule has 1 aromatic rings. The van der Waals surface area contributed by atoms with Gasteiger partial charge in [0, 0.05) is 18.4 Å². The molecule has 0 bridgehead atoms. The minimum Gasteiger partial charge on any atom is -0.334 e. The van der Waals surface area contributed by atoms with Crippen molar-refractivity contribution in [2.75, 3.05) is 0 Å². The smallest absolute Gasteiger partial charge is 0.0948 e. The molecule has 2 nitrogen and oxygen atoms in total. The van der Waals surface area contributed by atoms with Gasteiger partial charge in [0.25, 0.3) is 0 Å². The molecule has 1 aliphatic rings. The zero-order valence-electron chi connectivity index (χ0n) is 6.25. The number of hydrogen-bond acceptors (Lipinski definition) is 1. The van der Waals surface area contributed by atoms with E-state index >= 15 is 0 Å². The quantitative estimate of drug-likeness (QED) is 0.531. The monoisotopic (exact) mass is 136 g/mol. The molecule has 1 aliphatic heterocycles. The van der Waals surface area contributed by atoms with Crippen LogP contribution in [-0.4, -0.2) is 9.55 Å². The second-order valence-electron chi connectivity index (χ2n) is 3.06. The van der Waals surface area contributed by atoms with Crippen LogP contribution in [0.1, 0.15) is 31.4 Å². The van der Waals surface area contributed by atoms with Crippen molar-refractivity contribution in [3.8, 4) is 0 Å². The number of imidazole rings is 1. The maximum atomic E-state index is 4.12. The number of hydrogen-bond donors (Lipinski definition) is 0. The molecule has 54 valence electrons. The molecule has 2 heterocycles. The number of aromatic nitrogens is 2. The molecule has 0 saturated carbocycles. The molecule has 0 N–H and O–H groups in total. The first kappa shape index (κ1) is 5.96. The van der Waals surface area contributed by atoms with Gasteiger partial charge >= 0.3 is 0 Å². The Labute approximate surface area is 60.9 Å². The van der Waals surface area contributed by atoms with E-state index in [0.29, 0.717) is 0 Å². The van der Waals surface area contributed by atoms with Gasteiger partial charge in [0.1, 0.15) is 0 Å². The van der Waals surface area contributed by atoms with Crippen molar-refractivity contribution >= 4 is 0 Å². The van der Waals surface area contributed by atoms with E-state index in [0.717, 1.165) is 5.92 Å². The number of fused-ring (bicyclic) bond motifs is 1. The van der Waals surface area contributed by atoms with Gasteiger partial charge in [0.05, 0.1) is 6.33 Å². The highest BCUT2D eigenvalue weighted by Crippen LogP contribution is 2.25. The highest BCUT2D eigenvalue weighted by Gasteiger charge is 2.14. The second-order valence-corrected chi connectivity index (χ2v) is 3.06. The highest BCUT2D eigenvalue weighted by atomic mass is 15.1. The maximum Gasteiger partial charge on any atom is 0.0948 e. The van der Waals surface area contributed by atoms with Crippen LogP contribution in [0.2, 0.25) is 0 Å². The van der Waals surface area contributed by atoms with Crippen molar-refractivity contribution in [3.63, 3.8) is 0 Å². The number of nitrogens with zero attached hydrogens (tertiary/aromatic N) is 2. The van der Waals surface area contributed by atoms with Gasteiger partial charge in [-0.05, 0) is 18.8 Å².